The number of hydrogen-bond donors (Lipinski definition) is 2. The Hall–Kier alpha value is -1.75. The molecule has 5 nitrogen and oxygen atoms in total. The van der Waals surface area contributed by atoms with E-state index in [4.69, 9.17) is 9.47 Å². The van der Waals surface area contributed by atoms with Gasteiger partial charge >= 0.3 is 0 Å². The topological polar surface area (TPSA) is 67.8 Å². The Balaban J connectivity index is 2.63. The normalized spacial score (nSPS) is 10.4. The molecule has 0 aliphatic rings. The summed E-state index contributed by atoms with van der Waals surface area (Å²) in [6.45, 7) is 6.33. The van der Waals surface area contributed by atoms with E-state index in [1.807, 2.05) is 20.8 Å². The highest BCUT2D eigenvalue weighted by Crippen LogP contribution is 2.31. The maximum absolute atomic E-state index is 11.5. The maximum Gasteiger partial charge on any atom is 0.223 e. The minimum Gasteiger partial charge on any atom is -0.490 e. The molecule has 0 aliphatic carbocycles. The number of ether oxygens (including phenoxy) is 2. The van der Waals surface area contributed by atoms with Crippen molar-refractivity contribution in [1.29, 1.82) is 0 Å². The second-order valence-electron chi connectivity index (χ2n) is 4.66. The fourth-order valence-corrected chi connectivity index (χ4v) is 1.76. The van der Waals surface area contributed by atoms with Gasteiger partial charge < -0.3 is 19.9 Å². The van der Waals surface area contributed by atoms with E-state index in [0.717, 1.165) is 0 Å². The zero-order valence-electron chi connectivity index (χ0n) is 12.3. The Morgan fingerprint density at radius 2 is 2.10 bits per heavy atom. The van der Waals surface area contributed by atoms with Crippen molar-refractivity contribution >= 4 is 5.91 Å². The molecule has 0 radical (unpaired) electrons. The average Bonchev–Trinajstić information content (AvgIpc) is 2.39. The molecule has 0 saturated heterocycles. The first-order chi connectivity index (χ1) is 9.58. The molecule has 5 heteroatoms. The predicted molar refractivity (Wildman–Crippen MR) is 76.9 cm³/mol. The number of carbonyl (C=O) groups is 1. The van der Waals surface area contributed by atoms with E-state index in [1.165, 1.54) is 0 Å². The largest absolute Gasteiger partial charge is 0.490 e. The molecule has 0 heterocycles. The van der Waals surface area contributed by atoms with Gasteiger partial charge in [0.1, 0.15) is 0 Å². The van der Waals surface area contributed by atoms with Crippen LogP contribution >= 0.6 is 0 Å². The van der Waals surface area contributed by atoms with Crippen molar-refractivity contribution in [3.8, 4) is 11.5 Å². The molecule has 0 atom stereocenters. The van der Waals surface area contributed by atoms with Crippen LogP contribution in [0.1, 0.15) is 32.8 Å². The summed E-state index contributed by atoms with van der Waals surface area (Å²) in [4.78, 5) is 11.5. The quantitative estimate of drug-likeness (QED) is 0.763. The van der Waals surface area contributed by atoms with Gasteiger partial charge in [0.2, 0.25) is 5.91 Å². The van der Waals surface area contributed by atoms with Crippen molar-refractivity contribution in [2.45, 2.75) is 39.8 Å². The van der Waals surface area contributed by atoms with Crippen LogP contribution in [-0.4, -0.2) is 30.3 Å². The Morgan fingerprint density at radius 1 is 1.35 bits per heavy atom. The highest BCUT2D eigenvalue weighted by Gasteiger charge is 2.11. The molecule has 20 heavy (non-hydrogen) atoms. The van der Waals surface area contributed by atoms with Crippen molar-refractivity contribution in [2.24, 2.45) is 0 Å². The van der Waals surface area contributed by atoms with Gasteiger partial charge in [-0.05, 0) is 26.8 Å². The van der Waals surface area contributed by atoms with Gasteiger partial charge in [-0.3, -0.25) is 4.79 Å². The summed E-state index contributed by atoms with van der Waals surface area (Å²) in [6.07, 6.45) is 0.267. The van der Waals surface area contributed by atoms with Gasteiger partial charge in [0.05, 0.1) is 26.2 Å². The second kappa shape index (κ2) is 8.43. The third-order valence-corrected chi connectivity index (χ3v) is 2.56. The monoisotopic (exact) mass is 281 g/mol. The van der Waals surface area contributed by atoms with Gasteiger partial charge in [0.25, 0.3) is 0 Å². The fourth-order valence-electron chi connectivity index (χ4n) is 1.76. The molecule has 0 fully saturated rings. The zero-order chi connectivity index (χ0) is 15.0. The molecule has 112 valence electrons. The van der Waals surface area contributed by atoms with Crippen molar-refractivity contribution in [1.82, 2.24) is 5.32 Å². The molecule has 0 saturated carbocycles. The van der Waals surface area contributed by atoms with E-state index < -0.39 is 0 Å². The molecule has 1 rings (SSSR count). The Bertz CT molecular complexity index is 432. The highest BCUT2D eigenvalue weighted by molar-refractivity contribution is 5.76. The number of aliphatic hydroxyl groups is 1. The van der Waals surface area contributed by atoms with Crippen LogP contribution in [0.15, 0.2) is 18.2 Å². The second-order valence-corrected chi connectivity index (χ2v) is 4.66. The number of para-hydroxylation sites is 1. The third kappa shape index (κ3) is 5.09. The van der Waals surface area contributed by atoms with Crippen molar-refractivity contribution < 1.29 is 19.4 Å². The molecule has 0 spiro atoms. The summed E-state index contributed by atoms with van der Waals surface area (Å²) in [5.74, 6) is 1.04. The number of amides is 1. The van der Waals surface area contributed by atoms with Crippen LogP contribution in [0.4, 0.5) is 0 Å². The van der Waals surface area contributed by atoms with Crippen molar-refractivity contribution in [3.63, 3.8) is 0 Å². The van der Waals surface area contributed by atoms with E-state index in [2.05, 4.69) is 5.32 Å². The van der Waals surface area contributed by atoms with Gasteiger partial charge in [-0.2, -0.15) is 0 Å². The molecule has 0 aromatic heterocycles. The zero-order valence-corrected chi connectivity index (χ0v) is 12.3. The standard InChI is InChI=1S/C15H23NO4/c1-4-19-13-7-5-6-12(10-17)15(13)20-9-8-14(18)16-11(2)3/h5-7,11,17H,4,8-10H2,1-3H3,(H,16,18). The number of hydrogen-bond acceptors (Lipinski definition) is 4. The molecule has 1 aromatic carbocycles. The minimum absolute atomic E-state index is 0.0561. The SMILES string of the molecule is CCOc1cccc(CO)c1OCCC(=O)NC(C)C. The summed E-state index contributed by atoms with van der Waals surface area (Å²) in [7, 11) is 0. The first-order valence-corrected chi connectivity index (χ1v) is 6.86. The Labute approximate surface area is 119 Å². The van der Waals surface area contributed by atoms with Gasteiger partial charge in [-0.1, -0.05) is 12.1 Å². The van der Waals surface area contributed by atoms with Crippen LogP contribution in [0.2, 0.25) is 0 Å². The lowest BCUT2D eigenvalue weighted by atomic mass is 10.2. The van der Waals surface area contributed by atoms with Gasteiger partial charge in [-0.15, -0.1) is 0 Å². The smallest absolute Gasteiger partial charge is 0.223 e. The first kappa shape index (κ1) is 16.3. The lowest BCUT2D eigenvalue weighted by Gasteiger charge is -2.15. The van der Waals surface area contributed by atoms with Crippen LogP contribution in [0, 0.1) is 0 Å². The summed E-state index contributed by atoms with van der Waals surface area (Å²) >= 11 is 0. The van der Waals surface area contributed by atoms with Gasteiger partial charge in [0, 0.05) is 11.6 Å². The number of nitrogens with one attached hydrogen (secondary N) is 1. The summed E-state index contributed by atoms with van der Waals surface area (Å²) < 4.78 is 11.1. The number of benzene rings is 1. The molecule has 0 unspecified atom stereocenters. The van der Waals surface area contributed by atoms with Gasteiger partial charge in [-0.25, -0.2) is 0 Å². The van der Waals surface area contributed by atoms with E-state index in [9.17, 15) is 9.90 Å². The van der Waals surface area contributed by atoms with Crippen LogP contribution < -0.4 is 14.8 Å². The lowest BCUT2D eigenvalue weighted by molar-refractivity contribution is -0.122. The average molecular weight is 281 g/mol. The number of carbonyl (C=O) groups excluding carboxylic acids is 1. The third-order valence-electron chi connectivity index (χ3n) is 2.56. The van der Waals surface area contributed by atoms with Crippen LogP contribution in [0.25, 0.3) is 0 Å². The maximum atomic E-state index is 11.5. The van der Waals surface area contributed by atoms with Crippen LogP contribution in [-0.2, 0) is 11.4 Å². The van der Waals surface area contributed by atoms with Crippen LogP contribution in [0.5, 0.6) is 11.5 Å². The highest BCUT2D eigenvalue weighted by atomic mass is 16.5. The van der Waals surface area contributed by atoms with Gasteiger partial charge in [0.15, 0.2) is 11.5 Å². The number of aliphatic hydroxyl groups excluding tert-OH is 1. The lowest BCUT2D eigenvalue weighted by Crippen LogP contribution is -2.31. The van der Waals surface area contributed by atoms with E-state index in [1.54, 1.807) is 18.2 Å². The van der Waals surface area contributed by atoms with Crippen molar-refractivity contribution in [2.75, 3.05) is 13.2 Å². The fraction of sp³-hybridized carbons (Fsp3) is 0.533. The summed E-state index contributed by atoms with van der Waals surface area (Å²) in [5, 5.41) is 12.1. The molecular weight excluding hydrogens is 258 g/mol. The van der Waals surface area contributed by atoms with Crippen molar-refractivity contribution in [3.05, 3.63) is 23.8 Å². The Kier molecular flexibility index (Phi) is 6.87. The molecule has 1 amide bonds. The molecular formula is C15H23NO4. The van der Waals surface area contributed by atoms with Crippen LogP contribution in [0.3, 0.4) is 0 Å². The summed E-state index contributed by atoms with van der Waals surface area (Å²) in [5.41, 5.74) is 0.653. The minimum atomic E-state index is -0.131. The first-order valence-electron chi connectivity index (χ1n) is 6.86. The molecule has 2 N–H and O–H groups in total. The van der Waals surface area contributed by atoms with E-state index in [0.29, 0.717) is 23.7 Å². The summed E-state index contributed by atoms with van der Waals surface area (Å²) in [6, 6.07) is 5.47. The predicted octanol–water partition coefficient (Wildman–Crippen LogP) is 1.87. The molecule has 0 bridgehead atoms. The molecule has 0 aliphatic heterocycles. The van der Waals surface area contributed by atoms with E-state index in [-0.39, 0.29) is 31.6 Å². The number of rotatable bonds is 8. The Morgan fingerprint density at radius 3 is 2.70 bits per heavy atom. The van der Waals surface area contributed by atoms with E-state index >= 15 is 0 Å². The molecule has 1 aromatic rings.